The molecule has 0 unspecified atom stereocenters. The molecule has 0 saturated heterocycles. The Morgan fingerprint density at radius 1 is 0.885 bits per heavy atom. The van der Waals surface area contributed by atoms with Crippen LogP contribution in [-0.4, -0.2) is 9.97 Å². The van der Waals surface area contributed by atoms with Gasteiger partial charge in [-0.25, -0.2) is 9.97 Å². The van der Waals surface area contributed by atoms with Gasteiger partial charge in [-0.2, -0.15) is 0 Å². The van der Waals surface area contributed by atoms with E-state index < -0.39 is 0 Å². The van der Waals surface area contributed by atoms with E-state index in [1.54, 1.807) is 11.3 Å². The SMILES string of the molecule is CCc1cc2c(NCc3ccccc3)nc(Cc3ccccc3)nc2s1. The van der Waals surface area contributed by atoms with Crippen molar-refractivity contribution in [3.63, 3.8) is 0 Å². The number of aromatic nitrogens is 2. The van der Waals surface area contributed by atoms with Gasteiger partial charge in [0.05, 0.1) is 5.39 Å². The molecule has 0 aliphatic carbocycles. The van der Waals surface area contributed by atoms with Gasteiger partial charge in [0.1, 0.15) is 16.5 Å². The number of thiophene rings is 1. The largest absolute Gasteiger partial charge is 0.365 e. The minimum absolute atomic E-state index is 0.746. The molecular weight excluding hydrogens is 338 g/mol. The number of nitrogens with zero attached hydrogens (tertiary/aromatic N) is 2. The lowest BCUT2D eigenvalue weighted by Crippen LogP contribution is -2.05. The predicted molar refractivity (Wildman–Crippen MR) is 110 cm³/mol. The molecule has 0 bridgehead atoms. The van der Waals surface area contributed by atoms with Crippen LogP contribution in [0.1, 0.15) is 28.8 Å². The number of aryl methyl sites for hydroxylation is 1. The molecule has 0 saturated carbocycles. The molecule has 0 aliphatic heterocycles. The van der Waals surface area contributed by atoms with Crippen molar-refractivity contribution in [2.45, 2.75) is 26.3 Å². The molecule has 1 N–H and O–H groups in total. The molecule has 4 aromatic rings. The van der Waals surface area contributed by atoms with Crippen molar-refractivity contribution < 1.29 is 0 Å². The predicted octanol–water partition coefficient (Wildman–Crippen LogP) is 5.46. The van der Waals surface area contributed by atoms with E-state index in [2.05, 4.69) is 66.8 Å². The van der Waals surface area contributed by atoms with E-state index in [1.165, 1.54) is 16.0 Å². The van der Waals surface area contributed by atoms with E-state index in [4.69, 9.17) is 9.97 Å². The highest BCUT2D eigenvalue weighted by Crippen LogP contribution is 2.30. The Balaban J connectivity index is 1.67. The summed E-state index contributed by atoms with van der Waals surface area (Å²) >= 11 is 1.77. The number of hydrogen-bond acceptors (Lipinski definition) is 4. The second kappa shape index (κ2) is 7.67. The van der Waals surface area contributed by atoms with Crippen molar-refractivity contribution in [3.8, 4) is 0 Å². The van der Waals surface area contributed by atoms with Crippen molar-refractivity contribution >= 4 is 27.4 Å². The molecule has 4 heteroatoms. The number of fused-ring (bicyclic) bond motifs is 1. The lowest BCUT2D eigenvalue weighted by molar-refractivity contribution is 0.985. The Morgan fingerprint density at radius 3 is 2.27 bits per heavy atom. The van der Waals surface area contributed by atoms with E-state index in [0.717, 1.165) is 41.2 Å². The number of rotatable bonds is 6. The molecule has 2 aromatic carbocycles. The molecule has 4 rings (SSSR count). The molecule has 3 nitrogen and oxygen atoms in total. The highest BCUT2D eigenvalue weighted by molar-refractivity contribution is 7.18. The molecule has 130 valence electrons. The summed E-state index contributed by atoms with van der Waals surface area (Å²) in [5.41, 5.74) is 2.47. The fourth-order valence-electron chi connectivity index (χ4n) is 2.96. The molecule has 0 amide bonds. The van der Waals surface area contributed by atoms with Gasteiger partial charge < -0.3 is 5.32 Å². The van der Waals surface area contributed by atoms with Crippen LogP contribution in [0.15, 0.2) is 66.7 Å². The molecular formula is C22H21N3S. The quantitative estimate of drug-likeness (QED) is 0.497. The summed E-state index contributed by atoms with van der Waals surface area (Å²) in [6.07, 6.45) is 1.77. The maximum absolute atomic E-state index is 4.84. The lowest BCUT2D eigenvalue weighted by atomic mass is 10.1. The van der Waals surface area contributed by atoms with Gasteiger partial charge in [0.15, 0.2) is 0 Å². The van der Waals surface area contributed by atoms with Gasteiger partial charge in [0.2, 0.25) is 0 Å². The van der Waals surface area contributed by atoms with E-state index in [0.29, 0.717) is 0 Å². The first kappa shape index (κ1) is 16.7. The zero-order chi connectivity index (χ0) is 17.8. The smallest absolute Gasteiger partial charge is 0.138 e. The van der Waals surface area contributed by atoms with Gasteiger partial charge in [-0.05, 0) is 23.6 Å². The second-order valence-corrected chi connectivity index (χ2v) is 7.39. The van der Waals surface area contributed by atoms with Gasteiger partial charge in [0, 0.05) is 17.8 Å². The van der Waals surface area contributed by atoms with Crippen molar-refractivity contribution in [1.82, 2.24) is 9.97 Å². The van der Waals surface area contributed by atoms with Gasteiger partial charge in [0.25, 0.3) is 0 Å². The lowest BCUT2D eigenvalue weighted by Gasteiger charge is -2.09. The van der Waals surface area contributed by atoms with E-state index in [-0.39, 0.29) is 0 Å². The monoisotopic (exact) mass is 359 g/mol. The maximum Gasteiger partial charge on any atom is 0.138 e. The number of benzene rings is 2. The third-order valence-electron chi connectivity index (χ3n) is 4.35. The topological polar surface area (TPSA) is 37.8 Å². The van der Waals surface area contributed by atoms with E-state index in [1.807, 2.05) is 12.1 Å². The van der Waals surface area contributed by atoms with Crippen LogP contribution in [0.3, 0.4) is 0 Å². The Morgan fingerprint density at radius 2 is 1.58 bits per heavy atom. The number of anilines is 1. The van der Waals surface area contributed by atoms with Crippen molar-refractivity contribution in [2.24, 2.45) is 0 Å². The summed E-state index contributed by atoms with van der Waals surface area (Å²) in [5, 5.41) is 4.65. The minimum Gasteiger partial charge on any atom is -0.365 e. The van der Waals surface area contributed by atoms with E-state index >= 15 is 0 Å². The van der Waals surface area contributed by atoms with E-state index in [9.17, 15) is 0 Å². The van der Waals surface area contributed by atoms with Crippen LogP contribution < -0.4 is 5.32 Å². The van der Waals surface area contributed by atoms with Crippen LogP contribution in [0.25, 0.3) is 10.2 Å². The Bertz CT molecular complexity index is 994. The summed E-state index contributed by atoms with van der Waals surface area (Å²) in [7, 11) is 0. The summed E-state index contributed by atoms with van der Waals surface area (Å²) in [5.74, 6) is 1.80. The molecule has 0 spiro atoms. The standard InChI is InChI=1S/C22H21N3S/c1-2-18-14-19-21(23-15-17-11-7-4-8-12-17)24-20(25-22(19)26-18)13-16-9-5-3-6-10-16/h3-12,14H,2,13,15H2,1H3,(H,23,24,25). The van der Waals surface area contributed by atoms with Crippen molar-refractivity contribution in [1.29, 1.82) is 0 Å². The molecule has 2 heterocycles. The normalized spacial score (nSPS) is 11.0. The number of nitrogens with one attached hydrogen (secondary N) is 1. The van der Waals surface area contributed by atoms with Gasteiger partial charge >= 0.3 is 0 Å². The highest BCUT2D eigenvalue weighted by atomic mass is 32.1. The van der Waals surface area contributed by atoms with Crippen LogP contribution in [0.4, 0.5) is 5.82 Å². The second-order valence-electron chi connectivity index (χ2n) is 6.28. The van der Waals surface area contributed by atoms with Crippen molar-refractivity contribution in [3.05, 3.63) is 88.6 Å². The molecule has 0 radical (unpaired) electrons. The maximum atomic E-state index is 4.84. The minimum atomic E-state index is 0.746. The summed E-state index contributed by atoms with van der Waals surface area (Å²) in [6.45, 7) is 2.94. The van der Waals surface area contributed by atoms with Gasteiger partial charge in [-0.1, -0.05) is 67.6 Å². The van der Waals surface area contributed by atoms with Crippen LogP contribution >= 0.6 is 11.3 Å². The van der Waals surface area contributed by atoms with Crippen molar-refractivity contribution in [2.75, 3.05) is 5.32 Å². The molecule has 0 atom stereocenters. The molecule has 0 aliphatic rings. The third kappa shape index (κ3) is 3.75. The molecule has 2 aromatic heterocycles. The van der Waals surface area contributed by atoms with Crippen LogP contribution in [0.2, 0.25) is 0 Å². The number of hydrogen-bond donors (Lipinski definition) is 1. The summed E-state index contributed by atoms with van der Waals surface area (Å²) < 4.78 is 0. The fourth-order valence-corrected chi connectivity index (χ4v) is 3.95. The molecule has 26 heavy (non-hydrogen) atoms. The van der Waals surface area contributed by atoms with Gasteiger partial charge in [-0.3, -0.25) is 0 Å². The summed E-state index contributed by atoms with van der Waals surface area (Å²) in [6, 6.07) is 23.0. The first-order chi connectivity index (χ1) is 12.8. The summed E-state index contributed by atoms with van der Waals surface area (Å²) in [4.78, 5) is 12.1. The average molecular weight is 359 g/mol. The first-order valence-corrected chi connectivity index (χ1v) is 9.74. The Hall–Kier alpha value is -2.72. The highest BCUT2D eigenvalue weighted by Gasteiger charge is 2.12. The molecule has 0 fully saturated rings. The Labute approximate surface area is 157 Å². The van der Waals surface area contributed by atoms with Crippen LogP contribution in [0.5, 0.6) is 0 Å². The van der Waals surface area contributed by atoms with Crippen LogP contribution in [-0.2, 0) is 19.4 Å². The third-order valence-corrected chi connectivity index (χ3v) is 5.52. The van der Waals surface area contributed by atoms with Gasteiger partial charge in [-0.15, -0.1) is 11.3 Å². The fraction of sp³-hybridized carbons (Fsp3) is 0.182. The average Bonchev–Trinajstić information content (AvgIpc) is 3.11. The zero-order valence-corrected chi connectivity index (χ0v) is 15.6. The Kier molecular flexibility index (Phi) is 4.93. The first-order valence-electron chi connectivity index (χ1n) is 8.93. The zero-order valence-electron chi connectivity index (χ0n) is 14.8. The van der Waals surface area contributed by atoms with Crippen LogP contribution in [0, 0.1) is 0 Å².